The molecule has 6 heteroatoms. The van der Waals surface area contributed by atoms with E-state index >= 15 is 0 Å². The van der Waals surface area contributed by atoms with Crippen LogP contribution in [0, 0.1) is 0 Å². The molecular formula is C17H22N4O2. The van der Waals surface area contributed by atoms with Crippen LogP contribution in [0.4, 0.5) is 4.79 Å². The van der Waals surface area contributed by atoms with E-state index in [1.807, 2.05) is 37.3 Å². The van der Waals surface area contributed by atoms with Crippen LogP contribution in [0.1, 0.15) is 42.8 Å². The number of rotatable bonds is 4. The number of hydrogen-bond donors (Lipinski definition) is 3. The third-order valence-corrected chi connectivity index (χ3v) is 3.98. The lowest BCUT2D eigenvalue weighted by Crippen LogP contribution is -2.37. The maximum absolute atomic E-state index is 12.2. The molecule has 3 rings (SSSR count). The van der Waals surface area contributed by atoms with Crippen molar-refractivity contribution in [3.8, 4) is 5.75 Å². The van der Waals surface area contributed by atoms with Crippen molar-refractivity contribution in [2.45, 2.75) is 38.8 Å². The first-order valence-corrected chi connectivity index (χ1v) is 8.05. The maximum atomic E-state index is 12.2. The fraction of sp³-hybridized carbons (Fsp3) is 0.412. The van der Waals surface area contributed by atoms with Crippen LogP contribution in [-0.4, -0.2) is 22.8 Å². The number of hydrogen-bond acceptors (Lipinski definition) is 3. The van der Waals surface area contributed by atoms with E-state index in [9.17, 15) is 4.79 Å². The highest BCUT2D eigenvalue weighted by molar-refractivity contribution is 5.74. The number of fused-ring (bicyclic) bond motifs is 1. The number of para-hydroxylation sites is 1. The molecule has 2 amide bonds. The van der Waals surface area contributed by atoms with Gasteiger partial charge >= 0.3 is 6.03 Å². The predicted molar refractivity (Wildman–Crippen MR) is 87.2 cm³/mol. The molecular weight excluding hydrogens is 292 g/mol. The molecule has 1 aromatic heterocycles. The van der Waals surface area contributed by atoms with E-state index in [2.05, 4.69) is 20.8 Å². The summed E-state index contributed by atoms with van der Waals surface area (Å²) >= 11 is 0. The smallest absolute Gasteiger partial charge is 0.315 e. The number of urea groups is 1. The summed E-state index contributed by atoms with van der Waals surface area (Å²) in [6.45, 7) is 3.17. The lowest BCUT2D eigenvalue weighted by molar-refractivity contribution is 0.235. The number of H-pyrrole nitrogens is 1. The Kier molecular flexibility index (Phi) is 4.80. The fourth-order valence-electron chi connectivity index (χ4n) is 2.74. The van der Waals surface area contributed by atoms with Crippen LogP contribution in [0.3, 0.4) is 0 Å². The molecule has 0 saturated heterocycles. The number of aryl methyl sites for hydroxylation is 1. The van der Waals surface area contributed by atoms with Gasteiger partial charge in [-0.2, -0.15) is 5.10 Å². The third-order valence-electron chi connectivity index (χ3n) is 3.98. The molecule has 0 fully saturated rings. The van der Waals surface area contributed by atoms with Crippen LogP contribution in [-0.2, 0) is 13.0 Å². The summed E-state index contributed by atoms with van der Waals surface area (Å²) in [6, 6.07) is 9.63. The second-order valence-corrected chi connectivity index (χ2v) is 5.65. The molecule has 1 atom stereocenters. The Morgan fingerprint density at radius 1 is 1.43 bits per heavy atom. The number of carbonyl (C=O) groups excluding carboxylic acids is 1. The highest BCUT2D eigenvalue weighted by Crippen LogP contribution is 2.30. The van der Waals surface area contributed by atoms with Gasteiger partial charge in [0.05, 0.1) is 30.6 Å². The first-order valence-electron chi connectivity index (χ1n) is 8.05. The molecule has 1 aliphatic rings. The molecule has 0 aliphatic carbocycles. The zero-order chi connectivity index (χ0) is 16.1. The van der Waals surface area contributed by atoms with Gasteiger partial charge in [0, 0.05) is 5.56 Å². The number of amides is 2. The lowest BCUT2D eigenvalue weighted by Gasteiger charge is -2.18. The first kappa shape index (κ1) is 15.4. The Bertz CT molecular complexity index is 668. The first-order chi connectivity index (χ1) is 11.3. The number of nitrogens with zero attached hydrogens (tertiary/aromatic N) is 1. The summed E-state index contributed by atoms with van der Waals surface area (Å²) in [5, 5.41) is 13.0. The number of benzene rings is 1. The molecule has 0 unspecified atom stereocenters. The molecule has 2 heterocycles. The van der Waals surface area contributed by atoms with Gasteiger partial charge in [0.15, 0.2) is 0 Å². The maximum Gasteiger partial charge on any atom is 0.315 e. The molecule has 0 radical (unpaired) electrons. The molecule has 2 aromatic rings. The van der Waals surface area contributed by atoms with Crippen LogP contribution in [0.5, 0.6) is 5.75 Å². The third kappa shape index (κ3) is 3.83. The average Bonchev–Trinajstić information content (AvgIpc) is 2.95. The molecule has 122 valence electrons. The molecule has 6 nitrogen and oxygen atoms in total. The second kappa shape index (κ2) is 7.17. The Morgan fingerprint density at radius 3 is 3.13 bits per heavy atom. The van der Waals surface area contributed by atoms with E-state index in [0.29, 0.717) is 13.2 Å². The van der Waals surface area contributed by atoms with Crippen molar-refractivity contribution in [1.29, 1.82) is 0 Å². The molecule has 1 aliphatic heterocycles. The van der Waals surface area contributed by atoms with E-state index in [4.69, 9.17) is 4.74 Å². The normalized spacial score (nSPS) is 16.8. The van der Waals surface area contributed by atoms with Crippen LogP contribution in [0.15, 0.2) is 30.3 Å². The summed E-state index contributed by atoms with van der Waals surface area (Å²) in [5.74, 6) is 0.858. The number of nitrogens with one attached hydrogen (secondary N) is 3. The van der Waals surface area contributed by atoms with Gasteiger partial charge in [-0.05, 0) is 31.4 Å². The average molecular weight is 314 g/mol. The predicted octanol–water partition coefficient (Wildman–Crippen LogP) is 2.69. The monoisotopic (exact) mass is 314 g/mol. The minimum absolute atomic E-state index is 0.0262. The van der Waals surface area contributed by atoms with Crippen molar-refractivity contribution in [3.05, 3.63) is 47.3 Å². The quantitative estimate of drug-likeness (QED) is 0.812. The number of aromatic nitrogens is 2. The Labute approximate surface area is 135 Å². The number of ether oxygens (including phenoxy) is 1. The Hall–Kier alpha value is -2.50. The van der Waals surface area contributed by atoms with E-state index in [-0.39, 0.29) is 12.1 Å². The summed E-state index contributed by atoms with van der Waals surface area (Å²) in [7, 11) is 0. The second-order valence-electron chi connectivity index (χ2n) is 5.65. The molecule has 0 spiro atoms. The van der Waals surface area contributed by atoms with Crippen molar-refractivity contribution in [3.63, 3.8) is 0 Å². The highest BCUT2D eigenvalue weighted by atomic mass is 16.5. The van der Waals surface area contributed by atoms with Gasteiger partial charge < -0.3 is 15.4 Å². The molecule has 3 N–H and O–H groups in total. The summed E-state index contributed by atoms with van der Waals surface area (Å²) in [6.07, 6.45) is 2.66. The minimum Gasteiger partial charge on any atom is -0.493 e. The zero-order valence-corrected chi connectivity index (χ0v) is 13.3. The van der Waals surface area contributed by atoms with Crippen molar-refractivity contribution in [2.24, 2.45) is 0 Å². The van der Waals surface area contributed by atoms with Crippen molar-refractivity contribution in [1.82, 2.24) is 20.8 Å². The van der Waals surface area contributed by atoms with Gasteiger partial charge in [-0.15, -0.1) is 0 Å². The van der Waals surface area contributed by atoms with E-state index < -0.39 is 0 Å². The fourth-order valence-corrected chi connectivity index (χ4v) is 2.74. The van der Waals surface area contributed by atoms with Crippen molar-refractivity contribution < 1.29 is 9.53 Å². The molecule has 1 aromatic carbocycles. The largest absolute Gasteiger partial charge is 0.493 e. The number of aromatic amines is 1. The van der Waals surface area contributed by atoms with Gasteiger partial charge in [0.2, 0.25) is 0 Å². The van der Waals surface area contributed by atoms with Gasteiger partial charge in [-0.25, -0.2) is 4.79 Å². The summed E-state index contributed by atoms with van der Waals surface area (Å²) in [4.78, 5) is 12.2. The van der Waals surface area contributed by atoms with E-state index in [1.54, 1.807) is 0 Å². The van der Waals surface area contributed by atoms with Crippen molar-refractivity contribution >= 4 is 6.03 Å². The standard InChI is InChI=1S/C17H22N4O2/c1-2-12-10-13(21-20-12)11-18-17(22)19-15-7-5-9-23-16-8-4-3-6-14(15)16/h3-4,6,8,10,15H,2,5,7,9,11H2,1H3,(H,20,21)(H2,18,19,22)/t15-/m1/s1. The van der Waals surface area contributed by atoms with E-state index in [0.717, 1.165) is 42.0 Å². The summed E-state index contributed by atoms with van der Waals surface area (Å²) in [5.41, 5.74) is 2.94. The van der Waals surface area contributed by atoms with Crippen LogP contribution in [0.25, 0.3) is 0 Å². The molecule has 23 heavy (non-hydrogen) atoms. The van der Waals surface area contributed by atoms with Gasteiger partial charge in [0.25, 0.3) is 0 Å². The van der Waals surface area contributed by atoms with Gasteiger partial charge in [-0.1, -0.05) is 25.1 Å². The van der Waals surface area contributed by atoms with Gasteiger partial charge in [-0.3, -0.25) is 5.10 Å². The zero-order valence-electron chi connectivity index (χ0n) is 13.3. The van der Waals surface area contributed by atoms with Gasteiger partial charge in [0.1, 0.15) is 5.75 Å². The highest BCUT2D eigenvalue weighted by Gasteiger charge is 2.20. The topological polar surface area (TPSA) is 79.0 Å². The Balaban J connectivity index is 1.59. The van der Waals surface area contributed by atoms with Crippen molar-refractivity contribution in [2.75, 3.05) is 6.61 Å². The SMILES string of the molecule is CCc1cc(CNC(=O)N[C@@H]2CCCOc3ccccc32)[nH]n1. The molecule has 0 bridgehead atoms. The summed E-state index contributed by atoms with van der Waals surface area (Å²) < 4.78 is 5.72. The number of carbonyl (C=O) groups is 1. The van der Waals surface area contributed by atoms with Crippen LogP contribution in [0.2, 0.25) is 0 Å². The minimum atomic E-state index is -0.181. The van der Waals surface area contributed by atoms with E-state index in [1.165, 1.54) is 0 Å². The van der Waals surface area contributed by atoms with Crippen LogP contribution < -0.4 is 15.4 Å². The van der Waals surface area contributed by atoms with Crippen LogP contribution >= 0.6 is 0 Å². The molecule has 0 saturated carbocycles. The lowest BCUT2D eigenvalue weighted by atomic mass is 10.0. The Morgan fingerprint density at radius 2 is 2.30 bits per heavy atom.